The zero-order valence-electron chi connectivity index (χ0n) is 9.51. The fourth-order valence-corrected chi connectivity index (χ4v) is 1.71. The van der Waals surface area contributed by atoms with E-state index in [0.717, 1.165) is 16.7 Å². The molecule has 0 spiro atoms. The molecule has 0 aliphatic rings. The van der Waals surface area contributed by atoms with E-state index in [0.29, 0.717) is 5.52 Å². The Morgan fingerprint density at radius 3 is 2.78 bits per heavy atom. The maximum Gasteiger partial charge on any atom is 0.352 e. The second kappa shape index (κ2) is 4.48. The Morgan fingerprint density at radius 2 is 2.17 bits per heavy atom. The van der Waals surface area contributed by atoms with Crippen molar-refractivity contribution in [2.24, 2.45) is 0 Å². The van der Waals surface area contributed by atoms with E-state index in [-0.39, 0.29) is 17.9 Å². The van der Waals surface area contributed by atoms with Crippen LogP contribution in [0.25, 0.3) is 5.52 Å². The average molecular weight is 251 g/mol. The van der Waals surface area contributed by atoms with Crippen molar-refractivity contribution in [2.75, 3.05) is 6.61 Å². The van der Waals surface area contributed by atoms with Crippen molar-refractivity contribution in [2.45, 2.75) is 6.92 Å². The molecule has 0 atom stereocenters. The monoisotopic (exact) mass is 251 g/mol. The molecule has 0 fully saturated rings. The van der Waals surface area contributed by atoms with Gasteiger partial charge in [-0.05, 0) is 25.1 Å². The first kappa shape index (κ1) is 12.1. The summed E-state index contributed by atoms with van der Waals surface area (Å²) in [7, 11) is 0. The molecule has 0 saturated heterocycles. The van der Waals surface area contributed by atoms with Crippen molar-refractivity contribution >= 4 is 17.5 Å². The van der Waals surface area contributed by atoms with Gasteiger partial charge in [0.25, 0.3) is 0 Å². The third kappa shape index (κ3) is 1.92. The molecule has 0 aliphatic heterocycles. The van der Waals surface area contributed by atoms with Crippen molar-refractivity contribution in [3.05, 3.63) is 41.5 Å². The number of carbonyl (C=O) groups excluding carboxylic acids is 1. The van der Waals surface area contributed by atoms with Gasteiger partial charge >= 0.3 is 11.9 Å². The summed E-state index contributed by atoms with van der Waals surface area (Å²) in [5.41, 5.74) is 0.217. The number of rotatable bonds is 3. The van der Waals surface area contributed by atoms with Gasteiger partial charge in [0.15, 0.2) is 0 Å². The van der Waals surface area contributed by atoms with Gasteiger partial charge in [0.05, 0.1) is 17.7 Å². The molecule has 18 heavy (non-hydrogen) atoms. The lowest BCUT2D eigenvalue weighted by molar-refractivity contribution is 0.0528. The minimum atomic E-state index is -1.24. The van der Waals surface area contributed by atoms with Gasteiger partial charge < -0.3 is 14.2 Å². The summed E-state index contributed by atoms with van der Waals surface area (Å²) >= 11 is 0. The summed E-state index contributed by atoms with van der Waals surface area (Å²) in [5.74, 6) is -2.46. The largest absolute Gasteiger partial charge is 0.477 e. The molecule has 2 aromatic rings. The Bertz CT molecular complexity index is 632. The first-order valence-electron chi connectivity index (χ1n) is 5.25. The highest BCUT2D eigenvalue weighted by molar-refractivity contribution is 6.01. The summed E-state index contributed by atoms with van der Waals surface area (Å²) in [6.07, 6.45) is 1.02. The molecule has 0 bridgehead atoms. The molecule has 2 rings (SSSR count). The molecule has 0 amide bonds. The van der Waals surface area contributed by atoms with Crippen LogP contribution in [0, 0.1) is 5.82 Å². The number of halogens is 1. The van der Waals surface area contributed by atoms with Crippen LogP contribution in [0.15, 0.2) is 24.4 Å². The van der Waals surface area contributed by atoms with E-state index in [9.17, 15) is 14.0 Å². The van der Waals surface area contributed by atoms with Crippen LogP contribution in [0.1, 0.15) is 27.8 Å². The Morgan fingerprint density at radius 1 is 1.44 bits per heavy atom. The SMILES string of the molecule is CCOC(=O)c1cc(C(=O)O)n2cc(F)ccc12. The van der Waals surface area contributed by atoms with E-state index < -0.39 is 17.8 Å². The second-order valence-electron chi connectivity index (χ2n) is 3.57. The number of aromatic nitrogens is 1. The molecular weight excluding hydrogens is 241 g/mol. The van der Waals surface area contributed by atoms with E-state index in [4.69, 9.17) is 9.84 Å². The predicted molar refractivity (Wildman–Crippen MR) is 60.3 cm³/mol. The lowest BCUT2D eigenvalue weighted by atomic mass is 10.2. The molecule has 0 radical (unpaired) electrons. The van der Waals surface area contributed by atoms with Gasteiger partial charge in [0.1, 0.15) is 11.5 Å². The van der Waals surface area contributed by atoms with Gasteiger partial charge in [0.2, 0.25) is 0 Å². The summed E-state index contributed by atoms with van der Waals surface area (Å²) in [6, 6.07) is 3.67. The normalized spacial score (nSPS) is 10.6. The van der Waals surface area contributed by atoms with Crippen LogP contribution in [0.3, 0.4) is 0 Å². The van der Waals surface area contributed by atoms with Gasteiger partial charge in [0, 0.05) is 6.20 Å². The summed E-state index contributed by atoms with van der Waals surface area (Å²) in [4.78, 5) is 22.7. The Labute approximate surface area is 101 Å². The van der Waals surface area contributed by atoms with E-state index in [1.165, 1.54) is 12.1 Å². The third-order valence-corrected chi connectivity index (χ3v) is 2.44. The molecule has 2 aromatic heterocycles. The Balaban J connectivity index is 2.68. The maximum atomic E-state index is 13.1. The number of carbonyl (C=O) groups is 2. The summed E-state index contributed by atoms with van der Waals surface area (Å²) < 4.78 is 19.0. The van der Waals surface area contributed by atoms with Crippen LogP contribution in [0.4, 0.5) is 4.39 Å². The smallest absolute Gasteiger partial charge is 0.352 e. The Kier molecular flexibility index (Phi) is 3.01. The average Bonchev–Trinajstić information content (AvgIpc) is 2.68. The van der Waals surface area contributed by atoms with E-state index >= 15 is 0 Å². The quantitative estimate of drug-likeness (QED) is 0.846. The molecule has 0 aromatic carbocycles. The van der Waals surface area contributed by atoms with Crippen LogP contribution in [-0.2, 0) is 4.74 Å². The number of hydrogen-bond donors (Lipinski definition) is 1. The predicted octanol–water partition coefficient (Wildman–Crippen LogP) is 1.95. The number of pyridine rings is 1. The molecule has 5 nitrogen and oxygen atoms in total. The van der Waals surface area contributed by atoms with E-state index in [1.54, 1.807) is 6.92 Å². The van der Waals surface area contributed by atoms with Crippen LogP contribution in [0.2, 0.25) is 0 Å². The second-order valence-corrected chi connectivity index (χ2v) is 3.57. The van der Waals surface area contributed by atoms with E-state index in [1.807, 2.05) is 0 Å². The highest BCUT2D eigenvalue weighted by Gasteiger charge is 2.20. The fourth-order valence-electron chi connectivity index (χ4n) is 1.71. The topological polar surface area (TPSA) is 68.0 Å². The minimum absolute atomic E-state index is 0.106. The zero-order chi connectivity index (χ0) is 13.3. The summed E-state index contributed by atoms with van der Waals surface area (Å²) in [5, 5.41) is 9.00. The van der Waals surface area contributed by atoms with Crippen molar-refractivity contribution in [3.63, 3.8) is 0 Å². The first-order valence-corrected chi connectivity index (χ1v) is 5.25. The molecule has 6 heteroatoms. The number of fused-ring (bicyclic) bond motifs is 1. The zero-order valence-corrected chi connectivity index (χ0v) is 9.51. The summed E-state index contributed by atoms with van der Waals surface area (Å²) in [6.45, 7) is 1.83. The highest BCUT2D eigenvalue weighted by Crippen LogP contribution is 2.19. The number of nitrogens with zero attached hydrogens (tertiary/aromatic N) is 1. The number of aromatic carboxylic acids is 1. The third-order valence-electron chi connectivity index (χ3n) is 2.44. The van der Waals surface area contributed by atoms with E-state index in [2.05, 4.69) is 0 Å². The Hall–Kier alpha value is -2.37. The van der Waals surface area contributed by atoms with Gasteiger partial charge in [-0.3, -0.25) is 0 Å². The molecule has 0 aliphatic carbocycles. The lowest BCUT2D eigenvalue weighted by Crippen LogP contribution is -2.03. The van der Waals surface area contributed by atoms with Gasteiger partial charge in [-0.2, -0.15) is 0 Å². The number of esters is 1. The number of ether oxygens (including phenoxy) is 1. The molecule has 0 unspecified atom stereocenters. The number of carboxylic acids is 1. The van der Waals surface area contributed by atoms with Crippen LogP contribution < -0.4 is 0 Å². The molecular formula is C12H10FNO4. The van der Waals surface area contributed by atoms with Gasteiger partial charge in [-0.1, -0.05) is 0 Å². The van der Waals surface area contributed by atoms with Crippen LogP contribution in [0.5, 0.6) is 0 Å². The standard InChI is InChI=1S/C12H10FNO4/c1-2-18-12(17)8-5-10(11(15)16)14-6-7(13)3-4-9(8)14/h3-6H,2H2,1H3,(H,15,16). The maximum absolute atomic E-state index is 13.1. The lowest BCUT2D eigenvalue weighted by Gasteiger charge is -2.01. The first-order chi connectivity index (χ1) is 8.54. The van der Waals surface area contributed by atoms with Gasteiger partial charge in [-0.15, -0.1) is 0 Å². The molecule has 1 N–H and O–H groups in total. The number of hydrogen-bond acceptors (Lipinski definition) is 3. The van der Waals surface area contributed by atoms with Crippen LogP contribution in [-0.4, -0.2) is 28.1 Å². The molecule has 0 saturated carbocycles. The fraction of sp³-hybridized carbons (Fsp3) is 0.167. The minimum Gasteiger partial charge on any atom is -0.477 e. The molecule has 2 heterocycles. The van der Waals surface area contributed by atoms with Crippen molar-refractivity contribution in [1.82, 2.24) is 4.40 Å². The molecule has 94 valence electrons. The highest BCUT2D eigenvalue weighted by atomic mass is 19.1. The van der Waals surface area contributed by atoms with Gasteiger partial charge in [-0.25, -0.2) is 14.0 Å². The van der Waals surface area contributed by atoms with Crippen LogP contribution >= 0.6 is 0 Å². The number of carboxylic acid groups (broad SMARTS) is 1. The van der Waals surface area contributed by atoms with Crippen molar-refractivity contribution in [3.8, 4) is 0 Å². The van der Waals surface area contributed by atoms with Crippen molar-refractivity contribution in [1.29, 1.82) is 0 Å². The van der Waals surface area contributed by atoms with Crippen molar-refractivity contribution < 1.29 is 23.8 Å².